The Balaban J connectivity index is 1.34. The fourth-order valence-corrected chi connectivity index (χ4v) is 6.57. The maximum atomic E-state index is 17.2. The van der Waals surface area contributed by atoms with Gasteiger partial charge < -0.3 is 4.90 Å². The Morgan fingerprint density at radius 3 is 1.35 bits per heavy atom. The molecule has 228 valence electrons. The summed E-state index contributed by atoms with van der Waals surface area (Å²) in [4.78, 5) is 2.05. The van der Waals surface area contributed by atoms with Gasteiger partial charge in [-0.1, -0.05) is 158 Å². The molecule has 0 aliphatic rings. The molecule has 0 unspecified atom stereocenters. The molecule has 8 aromatic carbocycles. The molecule has 0 bridgehead atoms. The number of benzene rings is 8. The third kappa shape index (κ3) is 5.65. The van der Waals surface area contributed by atoms with E-state index in [4.69, 9.17) is 0 Å². The molecule has 0 saturated heterocycles. The van der Waals surface area contributed by atoms with Gasteiger partial charge in [0.25, 0.3) is 0 Å². The molecule has 0 atom stereocenters. The molecule has 0 aliphatic heterocycles. The second-order valence-corrected chi connectivity index (χ2v) is 11.9. The lowest BCUT2D eigenvalue weighted by molar-refractivity contribution is 0.630. The van der Waals surface area contributed by atoms with Crippen LogP contribution in [0.15, 0.2) is 194 Å². The fourth-order valence-electron chi connectivity index (χ4n) is 6.57. The van der Waals surface area contributed by atoms with E-state index in [1.165, 1.54) is 0 Å². The van der Waals surface area contributed by atoms with Gasteiger partial charge in [0.15, 0.2) is 0 Å². The molecule has 2 heteroatoms. The standard InChI is InChI=1S/C46H32FN/c47-45-32-39(43-22-12-20-37-19-10-11-21-42(37)43)31-44(38-17-8-3-9-18-38)46(45)48(40-27-23-35(24-28-40)33-13-4-1-5-14-33)41-29-25-36(26-30-41)34-15-6-2-7-16-34/h1-32H. The Morgan fingerprint density at radius 1 is 0.333 bits per heavy atom. The van der Waals surface area contributed by atoms with E-state index in [2.05, 4.69) is 115 Å². The maximum Gasteiger partial charge on any atom is 0.148 e. The Kier molecular flexibility index (Phi) is 7.82. The summed E-state index contributed by atoms with van der Waals surface area (Å²) < 4.78 is 17.2. The first kappa shape index (κ1) is 29.2. The predicted molar refractivity (Wildman–Crippen MR) is 200 cm³/mol. The monoisotopic (exact) mass is 617 g/mol. The average Bonchev–Trinajstić information content (AvgIpc) is 3.17. The third-order valence-electron chi connectivity index (χ3n) is 8.94. The van der Waals surface area contributed by atoms with Crippen LogP contribution in [0.2, 0.25) is 0 Å². The minimum atomic E-state index is -0.293. The fraction of sp³-hybridized carbons (Fsp3) is 0. The molecule has 0 radical (unpaired) electrons. The molecule has 8 rings (SSSR count). The molecule has 1 nitrogen and oxygen atoms in total. The maximum absolute atomic E-state index is 17.2. The first-order valence-electron chi connectivity index (χ1n) is 16.2. The van der Waals surface area contributed by atoms with Crippen molar-refractivity contribution in [1.82, 2.24) is 0 Å². The van der Waals surface area contributed by atoms with Gasteiger partial charge >= 0.3 is 0 Å². The van der Waals surface area contributed by atoms with Gasteiger partial charge in [0.1, 0.15) is 5.82 Å². The summed E-state index contributed by atoms with van der Waals surface area (Å²) in [5.74, 6) is -0.293. The van der Waals surface area contributed by atoms with Gasteiger partial charge in [-0.25, -0.2) is 4.39 Å². The Hall–Kier alpha value is -6.25. The van der Waals surface area contributed by atoms with Crippen LogP contribution in [-0.2, 0) is 0 Å². The SMILES string of the molecule is Fc1cc(-c2cccc3ccccc23)cc(-c2ccccc2)c1N(c1ccc(-c2ccccc2)cc1)c1ccc(-c2ccccc2)cc1. The number of fused-ring (bicyclic) bond motifs is 1. The molecule has 0 N–H and O–H groups in total. The van der Waals surface area contributed by atoms with Crippen molar-refractivity contribution in [3.05, 3.63) is 200 Å². The minimum absolute atomic E-state index is 0.293. The smallest absolute Gasteiger partial charge is 0.148 e. The molecular weight excluding hydrogens is 586 g/mol. The van der Waals surface area contributed by atoms with Crippen LogP contribution >= 0.6 is 0 Å². The predicted octanol–water partition coefficient (Wildman–Crippen LogP) is 13.1. The highest BCUT2D eigenvalue weighted by atomic mass is 19.1. The highest BCUT2D eigenvalue weighted by Gasteiger charge is 2.23. The van der Waals surface area contributed by atoms with E-state index in [-0.39, 0.29) is 5.82 Å². The average molecular weight is 618 g/mol. The summed E-state index contributed by atoms with van der Waals surface area (Å²) in [5.41, 5.74) is 10.3. The minimum Gasteiger partial charge on any atom is -0.307 e. The largest absolute Gasteiger partial charge is 0.307 e. The number of halogens is 1. The number of hydrogen-bond acceptors (Lipinski definition) is 1. The van der Waals surface area contributed by atoms with Crippen LogP contribution in [0.1, 0.15) is 0 Å². The molecule has 0 heterocycles. The van der Waals surface area contributed by atoms with Crippen molar-refractivity contribution in [1.29, 1.82) is 0 Å². The zero-order valence-corrected chi connectivity index (χ0v) is 26.3. The number of nitrogens with zero attached hydrogens (tertiary/aromatic N) is 1. The second-order valence-electron chi connectivity index (χ2n) is 11.9. The van der Waals surface area contributed by atoms with Crippen molar-refractivity contribution in [2.75, 3.05) is 4.90 Å². The van der Waals surface area contributed by atoms with Crippen LogP contribution in [0.5, 0.6) is 0 Å². The third-order valence-corrected chi connectivity index (χ3v) is 8.94. The van der Waals surface area contributed by atoms with Crippen molar-refractivity contribution in [3.8, 4) is 44.5 Å². The summed E-state index contributed by atoms with van der Waals surface area (Å²) in [5, 5.41) is 2.22. The number of hydrogen-bond donors (Lipinski definition) is 0. The van der Waals surface area contributed by atoms with Gasteiger partial charge in [-0.05, 0) is 86.1 Å². The van der Waals surface area contributed by atoms with E-state index in [0.717, 1.165) is 66.7 Å². The Labute approximate surface area is 280 Å². The highest BCUT2D eigenvalue weighted by Crippen LogP contribution is 2.45. The lowest BCUT2D eigenvalue weighted by atomic mass is 9.93. The summed E-state index contributed by atoms with van der Waals surface area (Å²) in [7, 11) is 0. The number of anilines is 3. The van der Waals surface area contributed by atoms with Crippen LogP contribution in [0.25, 0.3) is 55.3 Å². The van der Waals surface area contributed by atoms with Gasteiger partial charge in [0.2, 0.25) is 0 Å². The summed E-state index contributed by atoms with van der Waals surface area (Å²) in [6.07, 6.45) is 0. The Morgan fingerprint density at radius 2 is 0.792 bits per heavy atom. The highest BCUT2D eigenvalue weighted by molar-refractivity contribution is 5.99. The molecule has 0 spiro atoms. The van der Waals surface area contributed by atoms with Gasteiger partial charge in [0.05, 0.1) is 5.69 Å². The lowest BCUT2D eigenvalue weighted by Gasteiger charge is -2.29. The second kappa shape index (κ2) is 12.9. The van der Waals surface area contributed by atoms with Crippen LogP contribution in [0, 0.1) is 5.82 Å². The molecule has 0 fully saturated rings. The van der Waals surface area contributed by atoms with Gasteiger partial charge in [-0.15, -0.1) is 0 Å². The van der Waals surface area contributed by atoms with Crippen LogP contribution in [0.4, 0.5) is 21.5 Å². The van der Waals surface area contributed by atoms with E-state index in [1.54, 1.807) is 6.07 Å². The van der Waals surface area contributed by atoms with Gasteiger partial charge in [-0.3, -0.25) is 0 Å². The zero-order chi connectivity index (χ0) is 32.3. The normalized spacial score (nSPS) is 11.0. The molecule has 48 heavy (non-hydrogen) atoms. The lowest BCUT2D eigenvalue weighted by Crippen LogP contribution is -2.13. The van der Waals surface area contributed by atoms with Crippen molar-refractivity contribution < 1.29 is 4.39 Å². The van der Waals surface area contributed by atoms with E-state index in [9.17, 15) is 0 Å². The molecule has 0 amide bonds. The quantitative estimate of drug-likeness (QED) is 0.172. The molecule has 0 saturated carbocycles. The number of rotatable bonds is 7. The van der Waals surface area contributed by atoms with Gasteiger partial charge in [0, 0.05) is 16.9 Å². The van der Waals surface area contributed by atoms with E-state index < -0.39 is 0 Å². The zero-order valence-electron chi connectivity index (χ0n) is 26.3. The topological polar surface area (TPSA) is 3.24 Å². The van der Waals surface area contributed by atoms with Gasteiger partial charge in [-0.2, -0.15) is 0 Å². The molecule has 0 aliphatic carbocycles. The molecular formula is C46H32FN. The Bertz CT molecular complexity index is 2220. The van der Waals surface area contributed by atoms with Crippen molar-refractivity contribution in [2.24, 2.45) is 0 Å². The van der Waals surface area contributed by atoms with E-state index in [0.29, 0.717) is 5.69 Å². The summed E-state index contributed by atoms with van der Waals surface area (Å²) >= 11 is 0. The van der Waals surface area contributed by atoms with Crippen molar-refractivity contribution in [3.63, 3.8) is 0 Å². The van der Waals surface area contributed by atoms with Crippen molar-refractivity contribution >= 4 is 27.8 Å². The van der Waals surface area contributed by atoms with Crippen LogP contribution in [0.3, 0.4) is 0 Å². The van der Waals surface area contributed by atoms with Crippen LogP contribution < -0.4 is 4.90 Å². The van der Waals surface area contributed by atoms with E-state index >= 15 is 4.39 Å². The first-order chi connectivity index (χ1) is 23.7. The first-order valence-corrected chi connectivity index (χ1v) is 16.2. The summed E-state index contributed by atoms with van der Waals surface area (Å²) in [6.45, 7) is 0. The molecule has 0 aromatic heterocycles. The van der Waals surface area contributed by atoms with E-state index in [1.807, 2.05) is 77.7 Å². The molecule has 8 aromatic rings. The van der Waals surface area contributed by atoms with Crippen LogP contribution in [-0.4, -0.2) is 0 Å². The van der Waals surface area contributed by atoms with Crippen molar-refractivity contribution in [2.45, 2.75) is 0 Å². The summed E-state index contributed by atoms with van der Waals surface area (Å²) in [6, 6.07) is 65.9.